The van der Waals surface area contributed by atoms with Crippen LogP contribution in [0.15, 0.2) is 24.3 Å². The zero-order valence-electron chi connectivity index (χ0n) is 16.1. The Labute approximate surface area is 159 Å². The number of carbonyl (C=O) groups excluding carboxylic acids is 1. The maximum Gasteiger partial charge on any atom is 0.410 e. The van der Waals surface area contributed by atoms with Crippen molar-refractivity contribution in [3.8, 4) is 5.88 Å². The highest BCUT2D eigenvalue weighted by Gasteiger charge is 2.32. The third-order valence-corrected chi connectivity index (χ3v) is 4.53. The van der Waals surface area contributed by atoms with Gasteiger partial charge in [-0.2, -0.15) is 0 Å². The lowest BCUT2D eigenvalue weighted by molar-refractivity contribution is 0.0275. The average molecular weight is 370 g/mol. The second kappa shape index (κ2) is 6.87. The number of nitrogens with one attached hydrogen (secondary N) is 1. The minimum Gasteiger partial charge on any atom is -0.470 e. The molecule has 0 bridgehead atoms. The highest BCUT2D eigenvalue weighted by Crippen LogP contribution is 2.31. The summed E-state index contributed by atoms with van der Waals surface area (Å²) < 4.78 is 11.6. The Morgan fingerprint density at radius 2 is 1.85 bits per heavy atom. The molecule has 1 saturated heterocycles. The van der Waals surface area contributed by atoms with Crippen LogP contribution in [-0.2, 0) is 4.74 Å². The summed E-state index contributed by atoms with van der Waals surface area (Å²) in [5.74, 6) is 1.20. The number of likely N-dealkylation sites (tertiary alicyclic amines) is 1. The van der Waals surface area contributed by atoms with Crippen LogP contribution in [0.5, 0.6) is 5.88 Å². The number of amides is 1. The van der Waals surface area contributed by atoms with Gasteiger partial charge in [0.05, 0.1) is 17.6 Å². The molecule has 27 heavy (non-hydrogen) atoms. The number of hydrogen-bond donors (Lipinski definition) is 1. The monoisotopic (exact) mass is 370 g/mol. The SMILES string of the molecule is CC(C)(C)OC(=O)N1CC[C@H](Oc2nc3ccccc3nc2NC2CC2)C1. The maximum atomic E-state index is 12.3. The Bertz CT molecular complexity index is 845. The van der Waals surface area contributed by atoms with E-state index in [1.54, 1.807) is 4.90 Å². The van der Waals surface area contributed by atoms with Crippen molar-refractivity contribution in [2.24, 2.45) is 0 Å². The van der Waals surface area contributed by atoms with Crippen LogP contribution in [0.4, 0.5) is 10.6 Å². The van der Waals surface area contributed by atoms with Gasteiger partial charge in [-0.05, 0) is 45.7 Å². The van der Waals surface area contributed by atoms with E-state index in [0.717, 1.165) is 30.3 Å². The molecule has 1 aromatic heterocycles. The van der Waals surface area contributed by atoms with E-state index < -0.39 is 5.60 Å². The summed E-state index contributed by atoms with van der Waals surface area (Å²) in [4.78, 5) is 23.3. The summed E-state index contributed by atoms with van der Waals surface area (Å²) >= 11 is 0. The molecule has 144 valence electrons. The van der Waals surface area contributed by atoms with Gasteiger partial charge in [-0.1, -0.05) is 12.1 Å². The summed E-state index contributed by atoms with van der Waals surface area (Å²) in [7, 11) is 0. The Kier molecular flexibility index (Phi) is 4.53. The van der Waals surface area contributed by atoms with E-state index in [1.807, 2.05) is 45.0 Å². The summed E-state index contributed by atoms with van der Waals surface area (Å²) in [6.07, 6.45) is 2.62. The van der Waals surface area contributed by atoms with Crippen molar-refractivity contribution in [2.45, 2.75) is 57.8 Å². The van der Waals surface area contributed by atoms with Gasteiger partial charge < -0.3 is 19.7 Å². The second-order valence-electron chi connectivity index (χ2n) is 8.24. The van der Waals surface area contributed by atoms with Crippen LogP contribution >= 0.6 is 0 Å². The number of aromatic nitrogens is 2. The van der Waals surface area contributed by atoms with Gasteiger partial charge in [0.2, 0.25) is 0 Å². The Balaban J connectivity index is 1.48. The van der Waals surface area contributed by atoms with Crippen LogP contribution in [0.3, 0.4) is 0 Å². The van der Waals surface area contributed by atoms with Crippen molar-refractivity contribution in [3.05, 3.63) is 24.3 Å². The van der Waals surface area contributed by atoms with Crippen LogP contribution in [0.2, 0.25) is 0 Å². The van der Waals surface area contributed by atoms with Crippen LogP contribution in [0.25, 0.3) is 11.0 Å². The molecule has 0 radical (unpaired) electrons. The van der Waals surface area contributed by atoms with Crippen molar-refractivity contribution in [1.29, 1.82) is 0 Å². The molecule has 1 aliphatic carbocycles. The van der Waals surface area contributed by atoms with Gasteiger partial charge in [0.15, 0.2) is 5.82 Å². The molecular weight excluding hydrogens is 344 g/mol. The molecule has 1 N–H and O–H groups in total. The minimum absolute atomic E-state index is 0.118. The number of hydrogen-bond acceptors (Lipinski definition) is 6. The van der Waals surface area contributed by atoms with Gasteiger partial charge in [-0.3, -0.25) is 0 Å². The van der Waals surface area contributed by atoms with Gasteiger partial charge in [0, 0.05) is 19.0 Å². The number of carbonyl (C=O) groups is 1. The number of anilines is 1. The van der Waals surface area contributed by atoms with Crippen LogP contribution in [0.1, 0.15) is 40.0 Å². The topological polar surface area (TPSA) is 76.6 Å². The van der Waals surface area contributed by atoms with E-state index in [9.17, 15) is 4.79 Å². The first-order valence-corrected chi connectivity index (χ1v) is 9.55. The van der Waals surface area contributed by atoms with Crippen molar-refractivity contribution in [2.75, 3.05) is 18.4 Å². The van der Waals surface area contributed by atoms with Gasteiger partial charge in [0.1, 0.15) is 11.7 Å². The maximum absolute atomic E-state index is 12.3. The fraction of sp³-hybridized carbons (Fsp3) is 0.550. The first-order chi connectivity index (χ1) is 12.9. The average Bonchev–Trinajstić information content (AvgIpc) is 3.29. The molecule has 1 aliphatic heterocycles. The zero-order valence-corrected chi connectivity index (χ0v) is 16.1. The van der Waals surface area contributed by atoms with Crippen molar-refractivity contribution in [1.82, 2.24) is 14.9 Å². The van der Waals surface area contributed by atoms with Crippen molar-refractivity contribution >= 4 is 22.9 Å². The van der Waals surface area contributed by atoms with Gasteiger partial charge in [-0.15, -0.1) is 0 Å². The van der Waals surface area contributed by atoms with Crippen LogP contribution < -0.4 is 10.1 Å². The molecule has 1 atom stereocenters. The molecule has 4 rings (SSSR count). The quantitative estimate of drug-likeness (QED) is 0.886. The summed E-state index contributed by atoms with van der Waals surface area (Å²) in [5, 5.41) is 3.41. The molecule has 2 heterocycles. The lowest BCUT2D eigenvalue weighted by Crippen LogP contribution is -2.36. The summed E-state index contributed by atoms with van der Waals surface area (Å²) in [5.41, 5.74) is 1.15. The van der Waals surface area contributed by atoms with Crippen LogP contribution in [0, 0.1) is 0 Å². The predicted molar refractivity (Wildman–Crippen MR) is 103 cm³/mol. The lowest BCUT2D eigenvalue weighted by atomic mass is 10.2. The summed E-state index contributed by atoms with van der Waals surface area (Å²) in [6, 6.07) is 8.22. The van der Waals surface area contributed by atoms with E-state index in [-0.39, 0.29) is 12.2 Å². The largest absolute Gasteiger partial charge is 0.470 e. The first kappa shape index (κ1) is 17.8. The van der Waals surface area contributed by atoms with Crippen LogP contribution in [-0.4, -0.2) is 51.8 Å². The molecule has 0 spiro atoms. The standard InChI is InChI=1S/C20H26N4O3/c1-20(2,3)27-19(25)24-11-10-14(12-24)26-18-17(21-13-8-9-13)22-15-6-4-5-7-16(15)23-18/h4-7,13-14H,8-12H2,1-3H3,(H,21,22)/t14-/m0/s1. The van der Waals surface area contributed by atoms with E-state index in [1.165, 1.54) is 0 Å². The molecule has 1 amide bonds. The molecule has 2 aromatic rings. The number of fused-ring (bicyclic) bond motifs is 1. The summed E-state index contributed by atoms with van der Waals surface area (Å²) in [6.45, 7) is 6.72. The van der Waals surface area contributed by atoms with E-state index in [4.69, 9.17) is 14.5 Å². The highest BCUT2D eigenvalue weighted by atomic mass is 16.6. The highest BCUT2D eigenvalue weighted by molar-refractivity contribution is 5.77. The third-order valence-electron chi connectivity index (χ3n) is 4.53. The normalized spacial score (nSPS) is 20.0. The molecule has 7 heteroatoms. The fourth-order valence-electron chi connectivity index (χ4n) is 3.06. The van der Waals surface area contributed by atoms with Gasteiger partial charge in [-0.25, -0.2) is 14.8 Å². The smallest absolute Gasteiger partial charge is 0.410 e. The number of rotatable bonds is 4. The molecular formula is C20H26N4O3. The lowest BCUT2D eigenvalue weighted by Gasteiger charge is -2.24. The number of benzene rings is 1. The molecule has 7 nitrogen and oxygen atoms in total. The Morgan fingerprint density at radius 1 is 1.15 bits per heavy atom. The van der Waals surface area contributed by atoms with Gasteiger partial charge >= 0.3 is 6.09 Å². The number of ether oxygens (including phenoxy) is 2. The number of para-hydroxylation sites is 2. The predicted octanol–water partition coefficient (Wildman–Crippen LogP) is 3.59. The van der Waals surface area contributed by atoms with E-state index in [0.29, 0.717) is 30.8 Å². The van der Waals surface area contributed by atoms with Gasteiger partial charge in [0.25, 0.3) is 5.88 Å². The Hall–Kier alpha value is -2.57. The van der Waals surface area contributed by atoms with Crippen molar-refractivity contribution < 1.29 is 14.3 Å². The Morgan fingerprint density at radius 3 is 2.52 bits per heavy atom. The molecule has 1 aromatic carbocycles. The molecule has 1 saturated carbocycles. The van der Waals surface area contributed by atoms with Crippen molar-refractivity contribution in [3.63, 3.8) is 0 Å². The van der Waals surface area contributed by atoms with E-state index >= 15 is 0 Å². The first-order valence-electron chi connectivity index (χ1n) is 9.55. The second-order valence-corrected chi connectivity index (χ2v) is 8.24. The molecule has 2 aliphatic rings. The minimum atomic E-state index is -0.499. The number of nitrogens with zero attached hydrogens (tertiary/aromatic N) is 3. The molecule has 0 unspecified atom stereocenters. The fourth-order valence-corrected chi connectivity index (χ4v) is 3.06. The third kappa shape index (κ3) is 4.40. The zero-order chi connectivity index (χ0) is 19.0. The van der Waals surface area contributed by atoms with E-state index in [2.05, 4.69) is 10.3 Å². The molecule has 2 fully saturated rings.